The van der Waals surface area contributed by atoms with Crippen molar-refractivity contribution in [2.24, 2.45) is 11.8 Å². The molecule has 4 nitrogen and oxygen atoms in total. The average Bonchev–Trinajstić information content (AvgIpc) is 2.36. The smallest absolute Gasteiger partial charge is 0.119 e. The second-order valence-corrected chi connectivity index (χ2v) is 4.86. The predicted octanol–water partition coefficient (Wildman–Crippen LogP) is 2.00. The molecule has 0 bridgehead atoms. The first-order valence-electron chi connectivity index (χ1n) is 6.47. The van der Waals surface area contributed by atoms with Gasteiger partial charge in [0.1, 0.15) is 5.75 Å². The Bertz CT molecular complexity index is 342. The summed E-state index contributed by atoms with van der Waals surface area (Å²) >= 11 is 0. The molecule has 0 amide bonds. The van der Waals surface area contributed by atoms with Crippen molar-refractivity contribution >= 4 is 0 Å². The van der Waals surface area contributed by atoms with Gasteiger partial charge in [0.25, 0.3) is 0 Å². The number of rotatable bonds is 8. The van der Waals surface area contributed by atoms with E-state index >= 15 is 0 Å². The number of benzene rings is 1. The molecular formula is C14H24N2O2. The minimum absolute atomic E-state index is 0.505. The number of hydrogen-bond acceptors (Lipinski definition) is 4. The van der Waals surface area contributed by atoms with Crippen molar-refractivity contribution in [2.45, 2.75) is 32.8 Å². The van der Waals surface area contributed by atoms with Gasteiger partial charge in [-0.15, -0.1) is 0 Å². The number of ether oxygens (including phenoxy) is 1. The molecule has 1 aromatic carbocycles. The maximum absolute atomic E-state index is 9.94. The van der Waals surface area contributed by atoms with E-state index in [0.717, 1.165) is 17.7 Å². The van der Waals surface area contributed by atoms with Crippen molar-refractivity contribution in [1.29, 1.82) is 0 Å². The van der Waals surface area contributed by atoms with Gasteiger partial charge in [-0.2, -0.15) is 0 Å². The van der Waals surface area contributed by atoms with E-state index in [4.69, 9.17) is 10.6 Å². The summed E-state index contributed by atoms with van der Waals surface area (Å²) in [6.45, 7) is 5.63. The van der Waals surface area contributed by atoms with Gasteiger partial charge in [0.05, 0.1) is 12.7 Å². The van der Waals surface area contributed by atoms with Crippen molar-refractivity contribution in [1.82, 2.24) is 5.43 Å². The molecule has 0 saturated heterocycles. The number of hydrazine groups is 1. The van der Waals surface area contributed by atoms with Crippen LogP contribution in [-0.2, 0) is 0 Å². The third-order valence-electron chi connectivity index (χ3n) is 2.77. The van der Waals surface area contributed by atoms with Crippen LogP contribution in [0.25, 0.3) is 0 Å². The molecule has 1 aromatic rings. The molecule has 0 fully saturated rings. The molecule has 0 aliphatic carbocycles. The predicted molar refractivity (Wildman–Crippen MR) is 73.2 cm³/mol. The van der Waals surface area contributed by atoms with Gasteiger partial charge in [-0.1, -0.05) is 26.0 Å². The van der Waals surface area contributed by atoms with Crippen LogP contribution >= 0.6 is 0 Å². The van der Waals surface area contributed by atoms with Gasteiger partial charge in [0, 0.05) is 6.54 Å². The summed E-state index contributed by atoms with van der Waals surface area (Å²) < 4.78 is 5.66. The molecule has 0 aromatic heterocycles. The molecule has 0 spiro atoms. The lowest BCUT2D eigenvalue weighted by atomic mass is 10.1. The van der Waals surface area contributed by atoms with Crippen LogP contribution < -0.4 is 16.0 Å². The van der Waals surface area contributed by atoms with Crippen molar-refractivity contribution in [3.05, 3.63) is 29.8 Å². The highest BCUT2D eigenvalue weighted by Gasteiger charge is 2.07. The summed E-state index contributed by atoms with van der Waals surface area (Å²) in [5.41, 5.74) is 3.41. The maximum Gasteiger partial charge on any atom is 0.119 e. The van der Waals surface area contributed by atoms with Crippen molar-refractivity contribution in [2.75, 3.05) is 13.2 Å². The average molecular weight is 252 g/mol. The van der Waals surface area contributed by atoms with Gasteiger partial charge in [0.15, 0.2) is 0 Å². The molecule has 1 rings (SSSR count). The summed E-state index contributed by atoms with van der Waals surface area (Å²) in [4.78, 5) is 0. The van der Waals surface area contributed by atoms with E-state index in [2.05, 4.69) is 19.3 Å². The normalized spacial score (nSPS) is 12.7. The van der Waals surface area contributed by atoms with E-state index in [1.54, 1.807) is 0 Å². The number of aliphatic hydroxyl groups excluding tert-OH is 1. The summed E-state index contributed by atoms with van der Waals surface area (Å²) in [5.74, 6) is 6.64. The van der Waals surface area contributed by atoms with Crippen molar-refractivity contribution in [3.63, 3.8) is 0 Å². The first-order chi connectivity index (χ1) is 8.63. The molecule has 0 aliphatic heterocycles. The molecule has 102 valence electrons. The SMILES string of the molecule is CC(C)CCOc1cccc(C(O)CCNN)c1. The summed E-state index contributed by atoms with van der Waals surface area (Å²) in [6.07, 6.45) is 1.12. The zero-order chi connectivity index (χ0) is 13.4. The van der Waals surface area contributed by atoms with Gasteiger partial charge in [-0.05, 0) is 36.5 Å². The fraction of sp³-hybridized carbons (Fsp3) is 0.571. The second-order valence-electron chi connectivity index (χ2n) is 4.86. The van der Waals surface area contributed by atoms with Crippen LogP contribution in [0.4, 0.5) is 0 Å². The van der Waals surface area contributed by atoms with Gasteiger partial charge in [-0.3, -0.25) is 11.3 Å². The number of hydrogen-bond donors (Lipinski definition) is 3. The zero-order valence-corrected chi connectivity index (χ0v) is 11.2. The first kappa shape index (κ1) is 15.0. The Morgan fingerprint density at radius 3 is 2.78 bits per heavy atom. The third-order valence-corrected chi connectivity index (χ3v) is 2.77. The number of nitrogens with two attached hydrogens (primary N) is 1. The fourth-order valence-corrected chi connectivity index (χ4v) is 1.61. The summed E-state index contributed by atoms with van der Waals surface area (Å²) in [5, 5.41) is 9.94. The van der Waals surface area contributed by atoms with E-state index in [0.29, 0.717) is 25.5 Å². The lowest BCUT2D eigenvalue weighted by Crippen LogP contribution is -2.24. The monoisotopic (exact) mass is 252 g/mol. The largest absolute Gasteiger partial charge is 0.494 e. The lowest BCUT2D eigenvalue weighted by molar-refractivity contribution is 0.166. The van der Waals surface area contributed by atoms with E-state index in [1.165, 1.54) is 0 Å². The second kappa shape index (κ2) is 8.08. The number of aliphatic hydroxyl groups is 1. The Hall–Kier alpha value is -1.10. The third kappa shape index (κ3) is 5.49. The van der Waals surface area contributed by atoms with Gasteiger partial charge < -0.3 is 9.84 Å². The van der Waals surface area contributed by atoms with Gasteiger partial charge >= 0.3 is 0 Å². The van der Waals surface area contributed by atoms with Gasteiger partial charge in [0.2, 0.25) is 0 Å². The quantitative estimate of drug-likeness (QED) is 0.489. The van der Waals surface area contributed by atoms with Crippen LogP contribution in [0.15, 0.2) is 24.3 Å². The Morgan fingerprint density at radius 1 is 1.33 bits per heavy atom. The van der Waals surface area contributed by atoms with E-state index in [1.807, 2.05) is 24.3 Å². The van der Waals surface area contributed by atoms with E-state index in [-0.39, 0.29) is 0 Å². The Kier molecular flexibility index (Phi) is 6.72. The Balaban J connectivity index is 2.50. The van der Waals surface area contributed by atoms with Crippen molar-refractivity contribution < 1.29 is 9.84 Å². The topological polar surface area (TPSA) is 67.5 Å². The molecule has 0 saturated carbocycles. The molecule has 4 N–H and O–H groups in total. The Labute approximate surface area is 109 Å². The maximum atomic E-state index is 9.94. The summed E-state index contributed by atoms with van der Waals surface area (Å²) in [6, 6.07) is 7.61. The van der Waals surface area contributed by atoms with Crippen LogP contribution in [0.5, 0.6) is 5.75 Å². The molecule has 0 radical (unpaired) electrons. The molecule has 1 atom stereocenters. The van der Waals surface area contributed by atoms with Crippen LogP contribution in [0.3, 0.4) is 0 Å². The molecule has 4 heteroatoms. The fourth-order valence-electron chi connectivity index (χ4n) is 1.61. The lowest BCUT2D eigenvalue weighted by Gasteiger charge is -2.13. The molecule has 0 aliphatic rings. The Morgan fingerprint density at radius 2 is 2.11 bits per heavy atom. The number of nitrogens with one attached hydrogen (secondary N) is 1. The van der Waals surface area contributed by atoms with Crippen LogP contribution in [0.1, 0.15) is 38.4 Å². The highest BCUT2D eigenvalue weighted by molar-refractivity contribution is 5.29. The van der Waals surface area contributed by atoms with Crippen molar-refractivity contribution in [3.8, 4) is 5.75 Å². The molecule has 18 heavy (non-hydrogen) atoms. The standard InChI is InChI=1S/C14H24N2O2/c1-11(2)7-9-18-13-5-3-4-12(10-13)14(17)6-8-16-15/h3-5,10-11,14,16-17H,6-9,15H2,1-2H3. The van der Waals surface area contributed by atoms with E-state index < -0.39 is 6.10 Å². The minimum Gasteiger partial charge on any atom is -0.494 e. The van der Waals surface area contributed by atoms with Crippen LogP contribution in [0, 0.1) is 5.92 Å². The highest BCUT2D eigenvalue weighted by atomic mass is 16.5. The minimum atomic E-state index is -0.505. The zero-order valence-electron chi connectivity index (χ0n) is 11.2. The molecular weight excluding hydrogens is 228 g/mol. The summed E-state index contributed by atoms with van der Waals surface area (Å²) in [7, 11) is 0. The molecule has 1 unspecified atom stereocenters. The van der Waals surface area contributed by atoms with Crippen LogP contribution in [0.2, 0.25) is 0 Å². The first-order valence-corrected chi connectivity index (χ1v) is 6.47. The highest BCUT2D eigenvalue weighted by Crippen LogP contribution is 2.21. The van der Waals surface area contributed by atoms with E-state index in [9.17, 15) is 5.11 Å². The molecule has 0 heterocycles. The van der Waals surface area contributed by atoms with Gasteiger partial charge in [-0.25, -0.2) is 0 Å². The van der Waals surface area contributed by atoms with Crippen LogP contribution in [-0.4, -0.2) is 18.3 Å².